The Morgan fingerprint density at radius 1 is 1.17 bits per heavy atom. The molecular formula is C26H23ClF2N4O3. The number of nitrogens with zero attached hydrogens (tertiary/aromatic N) is 3. The van der Waals surface area contributed by atoms with Gasteiger partial charge in [0.05, 0.1) is 5.02 Å². The lowest BCUT2D eigenvalue weighted by atomic mass is 9.74. The lowest BCUT2D eigenvalue weighted by Gasteiger charge is -2.43. The van der Waals surface area contributed by atoms with Crippen molar-refractivity contribution in [3.63, 3.8) is 0 Å². The molecule has 3 aromatic rings. The van der Waals surface area contributed by atoms with E-state index in [-0.39, 0.29) is 24.0 Å². The molecule has 2 aliphatic heterocycles. The first-order valence-corrected chi connectivity index (χ1v) is 11.6. The predicted molar refractivity (Wildman–Crippen MR) is 131 cm³/mol. The van der Waals surface area contributed by atoms with Crippen LogP contribution in [0, 0.1) is 0 Å². The van der Waals surface area contributed by atoms with E-state index in [1.807, 2.05) is 25.1 Å². The van der Waals surface area contributed by atoms with E-state index in [1.165, 1.54) is 17.0 Å². The van der Waals surface area contributed by atoms with Crippen LogP contribution in [0.4, 0.5) is 8.78 Å². The van der Waals surface area contributed by atoms with Crippen LogP contribution in [0.15, 0.2) is 65.9 Å². The predicted octanol–water partition coefficient (Wildman–Crippen LogP) is 4.77. The number of benzene rings is 2. The third-order valence-corrected chi connectivity index (χ3v) is 6.69. The van der Waals surface area contributed by atoms with E-state index >= 15 is 0 Å². The van der Waals surface area contributed by atoms with Crippen LogP contribution >= 0.6 is 11.6 Å². The highest BCUT2D eigenvalue weighted by Crippen LogP contribution is 2.50. The van der Waals surface area contributed by atoms with Gasteiger partial charge in [0.1, 0.15) is 17.1 Å². The number of hydrogen-bond donors (Lipinski definition) is 1. The van der Waals surface area contributed by atoms with Crippen LogP contribution in [0.5, 0.6) is 11.5 Å². The average Bonchev–Trinajstić information content (AvgIpc) is 3.03. The molecule has 0 saturated heterocycles. The van der Waals surface area contributed by atoms with Crippen LogP contribution < -0.4 is 15.2 Å². The highest BCUT2D eigenvalue weighted by molar-refractivity contribution is 6.30. The van der Waals surface area contributed by atoms with E-state index in [0.29, 0.717) is 22.8 Å². The Labute approximate surface area is 211 Å². The van der Waals surface area contributed by atoms with Crippen LogP contribution in [-0.4, -0.2) is 41.0 Å². The largest absolute Gasteiger partial charge is 0.487 e. The molecule has 2 aromatic carbocycles. The summed E-state index contributed by atoms with van der Waals surface area (Å²) >= 11 is 6.14. The second-order valence-electron chi connectivity index (χ2n) is 9.23. The number of amides is 1. The minimum atomic E-state index is -2.90. The van der Waals surface area contributed by atoms with Gasteiger partial charge < -0.3 is 15.2 Å². The number of rotatable bonds is 5. The molecule has 0 fully saturated rings. The number of guanidine groups is 1. The number of nitrogens with two attached hydrogens (primary N) is 1. The van der Waals surface area contributed by atoms with Crippen molar-refractivity contribution in [2.75, 3.05) is 7.05 Å². The summed E-state index contributed by atoms with van der Waals surface area (Å²) in [5.41, 5.74) is 7.02. The zero-order valence-electron chi connectivity index (χ0n) is 19.5. The van der Waals surface area contributed by atoms with E-state index in [9.17, 15) is 13.6 Å². The molecule has 1 spiro atoms. The molecule has 2 aliphatic rings. The molecule has 0 bridgehead atoms. The molecule has 36 heavy (non-hydrogen) atoms. The number of carbonyl (C=O) groups is 1. The number of fused-ring (bicyclic) bond motifs is 2. The summed E-state index contributed by atoms with van der Waals surface area (Å²) in [6.07, 6.45) is 3.86. The first kappa shape index (κ1) is 24.0. The van der Waals surface area contributed by atoms with Crippen molar-refractivity contribution >= 4 is 23.5 Å². The molecule has 2 N–H and O–H groups in total. The Balaban J connectivity index is 1.55. The van der Waals surface area contributed by atoms with Gasteiger partial charge in [-0.1, -0.05) is 29.8 Å². The topological polar surface area (TPSA) is 90.0 Å². The van der Waals surface area contributed by atoms with E-state index in [1.54, 1.807) is 37.6 Å². The Hall–Kier alpha value is -3.72. The smallest absolute Gasteiger partial charge is 0.387 e. The van der Waals surface area contributed by atoms with E-state index in [0.717, 1.165) is 16.7 Å². The van der Waals surface area contributed by atoms with Crippen LogP contribution in [0.3, 0.4) is 0 Å². The van der Waals surface area contributed by atoms with Gasteiger partial charge in [-0.25, -0.2) is 4.99 Å². The van der Waals surface area contributed by atoms with Gasteiger partial charge in [0.25, 0.3) is 5.91 Å². The summed E-state index contributed by atoms with van der Waals surface area (Å²) in [5.74, 6) is 0.454. The fourth-order valence-electron chi connectivity index (χ4n) is 4.94. The number of alkyl halides is 2. The third-order valence-electron chi connectivity index (χ3n) is 6.48. The second-order valence-corrected chi connectivity index (χ2v) is 9.66. The van der Waals surface area contributed by atoms with Gasteiger partial charge >= 0.3 is 6.61 Å². The maximum Gasteiger partial charge on any atom is 0.387 e. The molecule has 10 heteroatoms. The summed E-state index contributed by atoms with van der Waals surface area (Å²) in [5, 5.41) is 0.493. The second kappa shape index (κ2) is 8.74. The fraction of sp³-hybridized carbons (Fsp3) is 0.269. The summed E-state index contributed by atoms with van der Waals surface area (Å²) in [4.78, 5) is 23.8. The van der Waals surface area contributed by atoms with Gasteiger partial charge in [0.2, 0.25) is 0 Å². The highest BCUT2D eigenvalue weighted by atomic mass is 35.5. The van der Waals surface area contributed by atoms with Crippen molar-refractivity contribution in [1.82, 2.24) is 9.88 Å². The molecule has 2 atom stereocenters. The number of likely N-dealkylation sites (N-methyl/N-ethyl adjacent to an activating group) is 1. The van der Waals surface area contributed by atoms with E-state index in [2.05, 4.69) is 14.7 Å². The average molecular weight is 513 g/mol. The monoisotopic (exact) mass is 512 g/mol. The van der Waals surface area contributed by atoms with Crippen molar-refractivity contribution in [2.45, 2.75) is 37.5 Å². The summed E-state index contributed by atoms with van der Waals surface area (Å²) < 4.78 is 35.9. The lowest BCUT2D eigenvalue weighted by Crippen LogP contribution is -2.51. The van der Waals surface area contributed by atoms with Gasteiger partial charge in [-0.3, -0.25) is 14.7 Å². The van der Waals surface area contributed by atoms with Crippen molar-refractivity contribution in [1.29, 1.82) is 0 Å². The normalized spacial score (nSPS) is 23.0. The number of aromatic nitrogens is 1. The SMILES string of the molecule is CN1C(=O)C2(C[C@@](C)(Cc3ccc(OC(F)F)cc3)Oc3ccc(-c4cncc(Cl)c4)cc32)N=C1N. The van der Waals surface area contributed by atoms with Crippen molar-refractivity contribution in [2.24, 2.45) is 10.7 Å². The number of halogens is 3. The lowest BCUT2D eigenvalue weighted by molar-refractivity contribution is -0.133. The first-order valence-electron chi connectivity index (χ1n) is 11.2. The number of aliphatic imine (C=N–C) groups is 1. The van der Waals surface area contributed by atoms with Crippen molar-refractivity contribution in [3.8, 4) is 22.6 Å². The molecule has 0 aliphatic carbocycles. The molecule has 0 saturated carbocycles. The Kier molecular flexibility index (Phi) is 5.83. The molecule has 1 amide bonds. The quantitative estimate of drug-likeness (QED) is 0.532. The minimum Gasteiger partial charge on any atom is -0.487 e. The fourth-order valence-corrected chi connectivity index (χ4v) is 5.11. The Morgan fingerprint density at radius 3 is 2.56 bits per heavy atom. The zero-order chi connectivity index (χ0) is 25.7. The molecule has 186 valence electrons. The zero-order valence-corrected chi connectivity index (χ0v) is 20.3. The Bertz CT molecular complexity index is 1370. The van der Waals surface area contributed by atoms with E-state index < -0.39 is 17.8 Å². The van der Waals surface area contributed by atoms with E-state index in [4.69, 9.17) is 22.1 Å². The molecule has 7 nitrogen and oxygen atoms in total. The maximum absolute atomic E-state index is 13.6. The van der Waals surface area contributed by atoms with Gasteiger partial charge in [0, 0.05) is 43.4 Å². The molecular weight excluding hydrogens is 490 g/mol. The van der Waals surface area contributed by atoms with Gasteiger partial charge in [-0.05, 0) is 48.4 Å². The van der Waals surface area contributed by atoms with Gasteiger partial charge in [0.15, 0.2) is 11.5 Å². The number of ether oxygens (including phenoxy) is 2. The maximum atomic E-state index is 13.6. The molecule has 1 aromatic heterocycles. The summed E-state index contributed by atoms with van der Waals surface area (Å²) in [6, 6.07) is 13.7. The standard InChI is InChI=1S/C26H23ClF2N4O3/c1-25(11-15-3-6-19(7-4-15)35-23(28)29)14-26(22(34)33(2)24(30)32-26)20-10-16(5-8-21(20)36-25)17-9-18(27)13-31-12-17/h3-10,12-13,23H,11,14H2,1-2H3,(H2,30,32)/t25-,26?/m1/s1. The van der Waals surface area contributed by atoms with Crippen LogP contribution in [0.2, 0.25) is 5.02 Å². The van der Waals surface area contributed by atoms with Gasteiger partial charge in [-0.15, -0.1) is 0 Å². The summed E-state index contributed by atoms with van der Waals surface area (Å²) in [6.45, 7) is -0.999. The first-order chi connectivity index (χ1) is 17.1. The number of carbonyl (C=O) groups excluding carboxylic acids is 1. The molecule has 3 heterocycles. The van der Waals surface area contributed by atoms with Crippen molar-refractivity contribution in [3.05, 3.63) is 77.1 Å². The molecule has 1 unspecified atom stereocenters. The number of pyridine rings is 1. The van der Waals surface area contributed by atoms with Crippen LogP contribution in [0.1, 0.15) is 24.5 Å². The van der Waals surface area contributed by atoms with Crippen LogP contribution in [-0.2, 0) is 16.8 Å². The van der Waals surface area contributed by atoms with Crippen molar-refractivity contribution < 1.29 is 23.0 Å². The molecule has 0 radical (unpaired) electrons. The third kappa shape index (κ3) is 4.24. The Morgan fingerprint density at radius 2 is 1.92 bits per heavy atom. The summed E-state index contributed by atoms with van der Waals surface area (Å²) in [7, 11) is 1.59. The molecule has 5 rings (SSSR count). The highest BCUT2D eigenvalue weighted by Gasteiger charge is 2.56. The van der Waals surface area contributed by atoms with Gasteiger partial charge in [-0.2, -0.15) is 8.78 Å². The van der Waals surface area contributed by atoms with Crippen LogP contribution in [0.25, 0.3) is 11.1 Å². The minimum absolute atomic E-state index is 0.0679. The number of hydrogen-bond acceptors (Lipinski definition) is 6.